The lowest BCUT2D eigenvalue weighted by molar-refractivity contribution is -0.124. The Balaban J connectivity index is 4.55. The number of aliphatic hydroxyl groups is 2. The van der Waals surface area contributed by atoms with Gasteiger partial charge in [-0.25, -0.2) is 0 Å². The lowest BCUT2D eigenvalue weighted by Crippen LogP contribution is -2.49. The van der Waals surface area contributed by atoms with Crippen LogP contribution in [0.5, 0.6) is 0 Å². The zero-order chi connectivity index (χ0) is 9.83. The molecule has 0 fully saturated rings. The summed E-state index contributed by atoms with van der Waals surface area (Å²) in [6.07, 6.45) is 10.2. The zero-order valence-electron chi connectivity index (χ0n) is 7.46. The molecule has 0 amide bonds. The maximum atomic E-state index is 9.69. The molecular weight excluding hydrogens is 152 g/mol. The molecule has 0 aliphatic carbocycles. The van der Waals surface area contributed by atoms with Crippen molar-refractivity contribution in [3.05, 3.63) is 0 Å². The Morgan fingerprint density at radius 3 is 1.42 bits per heavy atom. The van der Waals surface area contributed by atoms with Crippen molar-refractivity contribution in [2.24, 2.45) is 0 Å². The molecule has 0 spiro atoms. The largest absolute Gasteiger partial charge is 0.386 e. The fourth-order valence-electron chi connectivity index (χ4n) is 0.778. The molecule has 0 saturated carbocycles. The summed E-state index contributed by atoms with van der Waals surface area (Å²) in [6.45, 7) is 2.95. The van der Waals surface area contributed by atoms with E-state index in [-0.39, 0.29) is 12.8 Å². The minimum atomic E-state index is -1.33. The minimum Gasteiger partial charge on any atom is -0.386 e. The Bertz CT molecular complexity index is 199. The van der Waals surface area contributed by atoms with Crippen LogP contribution in [0.15, 0.2) is 0 Å². The van der Waals surface area contributed by atoms with Crippen LogP contribution in [-0.4, -0.2) is 21.4 Å². The lowest BCUT2D eigenvalue weighted by atomic mass is 9.81. The molecule has 0 aliphatic heterocycles. The van der Waals surface area contributed by atoms with E-state index in [0.29, 0.717) is 0 Å². The Kier molecular flexibility index (Phi) is 3.34. The first kappa shape index (κ1) is 11.0. The molecule has 0 bridgehead atoms. The summed E-state index contributed by atoms with van der Waals surface area (Å²) in [5, 5.41) is 19.4. The molecule has 0 aromatic carbocycles. The highest BCUT2D eigenvalue weighted by Gasteiger charge is 2.40. The van der Waals surface area contributed by atoms with E-state index in [9.17, 15) is 10.2 Å². The number of hydrogen-bond acceptors (Lipinski definition) is 2. The Morgan fingerprint density at radius 1 is 1.00 bits per heavy atom. The van der Waals surface area contributed by atoms with E-state index in [2.05, 4.69) is 11.8 Å². The topological polar surface area (TPSA) is 40.5 Å². The van der Waals surface area contributed by atoms with Crippen molar-refractivity contribution >= 4 is 0 Å². The minimum absolute atomic E-state index is 0.0850. The van der Waals surface area contributed by atoms with Gasteiger partial charge in [-0.15, -0.1) is 24.7 Å². The summed E-state index contributed by atoms with van der Waals surface area (Å²) in [6, 6.07) is 0. The van der Waals surface area contributed by atoms with Gasteiger partial charge < -0.3 is 10.2 Å². The van der Waals surface area contributed by atoms with Crippen molar-refractivity contribution in [3.8, 4) is 24.7 Å². The van der Waals surface area contributed by atoms with Crippen LogP contribution in [-0.2, 0) is 0 Å². The van der Waals surface area contributed by atoms with Gasteiger partial charge in [0, 0.05) is 12.8 Å². The van der Waals surface area contributed by atoms with Gasteiger partial charge in [0.25, 0.3) is 0 Å². The third kappa shape index (κ3) is 2.27. The third-order valence-corrected chi connectivity index (χ3v) is 2.05. The van der Waals surface area contributed by atoms with E-state index in [1.165, 1.54) is 13.8 Å². The second kappa shape index (κ2) is 3.63. The van der Waals surface area contributed by atoms with Crippen molar-refractivity contribution < 1.29 is 10.2 Å². The fraction of sp³-hybridized carbons (Fsp3) is 0.600. The van der Waals surface area contributed by atoms with Crippen molar-refractivity contribution in [1.29, 1.82) is 0 Å². The Labute approximate surface area is 73.6 Å². The smallest absolute Gasteiger partial charge is 0.102 e. The molecule has 12 heavy (non-hydrogen) atoms. The summed E-state index contributed by atoms with van der Waals surface area (Å²) in [4.78, 5) is 0. The monoisotopic (exact) mass is 166 g/mol. The zero-order valence-corrected chi connectivity index (χ0v) is 7.46. The van der Waals surface area contributed by atoms with Crippen molar-refractivity contribution in [1.82, 2.24) is 0 Å². The highest BCUT2D eigenvalue weighted by molar-refractivity contribution is 5.07. The first-order chi connectivity index (χ1) is 5.37. The third-order valence-electron chi connectivity index (χ3n) is 2.05. The molecule has 0 heterocycles. The molecule has 2 nitrogen and oxygen atoms in total. The van der Waals surface area contributed by atoms with Gasteiger partial charge in [-0.1, -0.05) is 0 Å². The Hall–Kier alpha value is -0.960. The summed E-state index contributed by atoms with van der Waals surface area (Å²) < 4.78 is 0. The first-order valence-electron chi connectivity index (χ1n) is 3.69. The van der Waals surface area contributed by atoms with Gasteiger partial charge >= 0.3 is 0 Å². The molecule has 0 radical (unpaired) electrons. The van der Waals surface area contributed by atoms with E-state index in [1.807, 2.05) is 0 Å². The molecule has 0 rings (SSSR count). The summed E-state index contributed by atoms with van der Waals surface area (Å²) >= 11 is 0. The van der Waals surface area contributed by atoms with Crippen LogP contribution in [0, 0.1) is 24.7 Å². The maximum Gasteiger partial charge on any atom is 0.102 e. The molecule has 66 valence electrons. The van der Waals surface area contributed by atoms with E-state index >= 15 is 0 Å². The summed E-state index contributed by atoms with van der Waals surface area (Å²) in [7, 11) is 0. The average Bonchev–Trinajstić information content (AvgIpc) is 1.86. The first-order valence-corrected chi connectivity index (χ1v) is 3.69. The summed E-state index contributed by atoms with van der Waals surface area (Å²) in [5.41, 5.74) is -2.65. The highest BCUT2D eigenvalue weighted by atomic mass is 16.4. The van der Waals surface area contributed by atoms with E-state index in [4.69, 9.17) is 12.8 Å². The molecule has 0 aromatic rings. The van der Waals surface area contributed by atoms with Crippen LogP contribution in [0.25, 0.3) is 0 Å². The SMILES string of the molecule is C#CC[C@](C)(O)[C@](C)(O)CC#C. The highest BCUT2D eigenvalue weighted by Crippen LogP contribution is 2.27. The lowest BCUT2D eigenvalue weighted by Gasteiger charge is -2.35. The second-order valence-corrected chi connectivity index (χ2v) is 3.31. The maximum absolute atomic E-state index is 9.69. The molecule has 0 aromatic heterocycles. The average molecular weight is 166 g/mol. The van der Waals surface area contributed by atoms with Gasteiger partial charge in [0.05, 0.1) is 0 Å². The molecule has 0 aliphatic rings. The molecule has 2 N–H and O–H groups in total. The van der Waals surface area contributed by atoms with Crippen LogP contribution in [0.3, 0.4) is 0 Å². The van der Waals surface area contributed by atoms with Crippen molar-refractivity contribution in [2.75, 3.05) is 0 Å². The molecule has 2 heteroatoms. The van der Waals surface area contributed by atoms with Crippen LogP contribution in [0.2, 0.25) is 0 Å². The molecule has 0 unspecified atom stereocenters. The molecule has 0 saturated heterocycles. The van der Waals surface area contributed by atoms with Crippen LogP contribution in [0.4, 0.5) is 0 Å². The van der Waals surface area contributed by atoms with Crippen molar-refractivity contribution in [3.63, 3.8) is 0 Å². The van der Waals surface area contributed by atoms with Crippen LogP contribution >= 0.6 is 0 Å². The predicted molar refractivity (Wildman–Crippen MR) is 48.1 cm³/mol. The standard InChI is InChI=1S/C10H14O2/c1-5-7-9(3,11)10(4,12)8-6-2/h1-2,11-12H,7-8H2,3-4H3/t9-,10+. The number of rotatable bonds is 3. The van der Waals surface area contributed by atoms with E-state index < -0.39 is 11.2 Å². The van der Waals surface area contributed by atoms with Gasteiger partial charge in [0.2, 0.25) is 0 Å². The van der Waals surface area contributed by atoms with Crippen molar-refractivity contribution in [2.45, 2.75) is 37.9 Å². The predicted octanol–water partition coefficient (Wildman–Crippen LogP) is 0.535. The number of terminal acetylenes is 2. The molecular formula is C10H14O2. The van der Waals surface area contributed by atoms with Gasteiger partial charge in [-0.2, -0.15) is 0 Å². The summed E-state index contributed by atoms with van der Waals surface area (Å²) in [5.74, 6) is 4.59. The second-order valence-electron chi connectivity index (χ2n) is 3.31. The van der Waals surface area contributed by atoms with E-state index in [1.54, 1.807) is 0 Å². The fourth-order valence-corrected chi connectivity index (χ4v) is 0.778. The van der Waals surface area contributed by atoms with Crippen LogP contribution < -0.4 is 0 Å². The quantitative estimate of drug-likeness (QED) is 0.601. The van der Waals surface area contributed by atoms with Gasteiger partial charge in [-0.3, -0.25) is 0 Å². The van der Waals surface area contributed by atoms with Crippen LogP contribution in [0.1, 0.15) is 26.7 Å². The van der Waals surface area contributed by atoms with Gasteiger partial charge in [-0.05, 0) is 13.8 Å². The van der Waals surface area contributed by atoms with Gasteiger partial charge in [0.15, 0.2) is 0 Å². The normalized spacial score (nSPS) is 19.8. The van der Waals surface area contributed by atoms with Gasteiger partial charge in [0.1, 0.15) is 11.2 Å². The Morgan fingerprint density at radius 2 is 1.25 bits per heavy atom. The molecule has 2 atom stereocenters. The van der Waals surface area contributed by atoms with E-state index in [0.717, 1.165) is 0 Å². The number of hydrogen-bond donors (Lipinski definition) is 2.